The van der Waals surface area contributed by atoms with Gasteiger partial charge in [0, 0.05) is 30.3 Å². The largest absolute Gasteiger partial charge is 0.307 e. The van der Waals surface area contributed by atoms with Gasteiger partial charge in [0.25, 0.3) is 0 Å². The third-order valence-electron chi connectivity index (χ3n) is 4.18. The van der Waals surface area contributed by atoms with Gasteiger partial charge in [-0.15, -0.1) is 16.8 Å². The van der Waals surface area contributed by atoms with Crippen LogP contribution in [0.15, 0.2) is 72.7 Å². The molecule has 1 aromatic carbocycles. The average molecular weight is 361 g/mol. The predicted octanol–water partition coefficient (Wildman–Crippen LogP) is 4.38. The number of aryl methyl sites for hydroxylation is 1. The zero-order valence-electron chi connectivity index (χ0n) is 14.5. The topological polar surface area (TPSA) is 48.0 Å². The highest BCUT2D eigenvalue weighted by molar-refractivity contribution is 7.98. The molecule has 4 rings (SSSR count). The minimum absolute atomic E-state index is 0.671. The average Bonchev–Trinajstić information content (AvgIpc) is 3.24. The van der Waals surface area contributed by atoms with E-state index in [9.17, 15) is 0 Å². The van der Waals surface area contributed by atoms with Gasteiger partial charge in [-0.05, 0) is 24.6 Å². The Labute approximate surface area is 156 Å². The van der Waals surface area contributed by atoms with Gasteiger partial charge in [-0.2, -0.15) is 0 Å². The fourth-order valence-corrected chi connectivity index (χ4v) is 3.74. The predicted molar refractivity (Wildman–Crippen MR) is 105 cm³/mol. The van der Waals surface area contributed by atoms with Crippen LogP contribution >= 0.6 is 11.8 Å². The second-order valence-electron chi connectivity index (χ2n) is 6.01. The van der Waals surface area contributed by atoms with Crippen LogP contribution in [0, 0.1) is 6.92 Å². The molecular formula is C20H19N5S. The Balaban J connectivity index is 1.62. The quantitative estimate of drug-likeness (QED) is 0.378. The van der Waals surface area contributed by atoms with Crippen LogP contribution in [0.4, 0.5) is 0 Å². The molecule has 5 nitrogen and oxygen atoms in total. The standard InChI is InChI=1S/C20H19N5S/c1-3-11-25-19(17-9-5-4-8-15(17)2)22-23-20(25)26-14-16-13-24-12-7-6-10-18(24)21-16/h3-10,12-13H,1,11,14H2,2H3. The van der Waals surface area contributed by atoms with Crippen molar-refractivity contribution in [3.05, 3.63) is 78.8 Å². The third-order valence-corrected chi connectivity index (χ3v) is 5.18. The van der Waals surface area contributed by atoms with Crippen molar-refractivity contribution in [2.45, 2.75) is 24.4 Å². The lowest BCUT2D eigenvalue weighted by atomic mass is 10.1. The number of aromatic nitrogens is 5. The zero-order valence-corrected chi connectivity index (χ0v) is 15.4. The molecule has 0 fully saturated rings. The molecule has 0 aliphatic heterocycles. The molecular weight excluding hydrogens is 342 g/mol. The maximum absolute atomic E-state index is 4.65. The molecule has 0 radical (unpaired) electrons. The molecule has 4 aromatic rings. The highest BCUT2D eigenvalue weighted by Crippen LogP contribution is 2.28. The van der Waals surface area contributed by atoms with E-state index in [-0.39, 0.29) is 0 Å². The minimum atomic E-state index is 0.671. The molecule has 0 atom stereocenters. The molecule has 26 heavy (non-hydrogen) atoms. The van der Waals surface area contributed by atoms with Crippen LogP contribution in [-0.4, -0.2) is 24.1 Å². The van der Waals surface area contributed by atoms with Gasteiger partial charge in [-0.3, -0.25) is 4.57 Å². The molecule has 6 heteroatoms. The molecule has 0 saturated carbocycles. The van der Waals surface area contributed by atoms with Gasteiger partial charge < -0.3 is 4.40 Å². The summed E-state index contributed by atoms with van der Waals surface area (Å²) >= 11 is 1.64. The Morgan fingerprint density at radius 3 is 2.77 bits per heavy atom. The first-order valence-corrected chi connectivity index (χ1v) is 9.40. The van der Waals surface area contributed by atoms with Gasteiger partial charge in [0.2, 0.25) is 0 Å². The molecule has 0 spiro atoms. The summed E-state index contributed by atoms with van der Waals surface area (Å²) < 4.78 is 4.14. The van der Waals surface area contributed by atoms with Crippen molar-refractivity contribution in [3.8, 4) is 11.4 Å². The van der Waals surface area contributed by atoms with Crippen molar-refractivity contribution in [2.75, 3.05) is 0 Å². The Kier molecular flexibility index (Phi) is 4.58. The molecule has 0 aliphatic carbocycles. The Morgan fingerprint density at radius 1 is 1.12 bits per heavy atom. The van der Waals surface area contributed by atoms with Crippen LogP contribution < -0.4 is 0 Å². The molecule has 130 valence electrons. The molecule has 0 aliphatic rings. The Morgan fingerprint density at radius 2 is 1.96 bits per heavy atom. The second kappa shape index (κ2) is 7.17. The first kappa shape index (κ1) is 16.6. The van der Waals surface area contributed by atoms with Crippen LogP contribution in [0.25, 0.3) is 17.0 Å². The van der Waals surface area contributed by atoms with Gasteiger partial charge in [0.05, 0.1) is 5.69 Å². The summed E-state index contributed by atoms with van der Waals surface area (Å²) in [6, 6.07) is 14.2. The number of imidazole rings is 1. The van der Waals surface area contributed by atoms with Gasteiger partial charge in [0.1, 0.15) is 5.65 Å². The molecule has 0 bridgehead atoms. The number of benzene rings is 1. The minimum Gasteiger partial charge on any atom is -0.307 e. The summed E-state index contributed by atoms with van der Waals surface area (Å²) in [5.41, 5.74) is 4.26. The fourth-order valence-electron chi connectivity index (χ4n) is 2.91. The fraction of sp³-hybridized carbons (Fsp3) is 0.150. The lowest BCUT2D eigenvalue weighted by Gasteiger charge is -2.09. The van der Waals surface area contributed by atoms with Crippen LogP contribution in [0.1, 0.15) is 11.3 Å². The van der Waals surface area contributed by atoms with Crippen molar-refractivity contribution in [3.63, 3.8) is 0 Å². The third kappa shape index (κ3) is 3.15. The van der Waals surface area contributed by atoms with E-state index in [0.717, 1.165) is 33.6 Å². The highest BCUT2D eigenvalue weighted by atomic mass is 32.2. The summed E-state index contributed by atoms with van der Waals surface area (Å²) in [6.07, 6.45) is 5.94. The zero-order chi connectivity index (χ0) is 17.9. The number of allylic oxidation sites excluding steroid dienone is 1. The number of hydrogen-bond donors (Lipinski definition) is 0. The van der Waals surface area contributed by atoms with Crippen LogP contribution in [0.3, 0.4) is 0 Å². The van der Waals surface area contributed by atoms with E-state index >= 15 is 0 Å². The normalized spacial score (nSPS) is 11.1. The Bertz CT molecular complexity index is 1030. The smallest absolute Gasteiger partial charge is 0.192 e. The molecule has 0 saturated heterocycles. The Hall–Kier alpha value is -2.86. The van der Waals surface area contributed by atoms with E-state index in [0.29, 0.717) is 6.54 Å². The van der Waals surface area contributed by atoms with Gasteiger partial charge in [-0.1, -0.05) is 48.2 Å². The summed E-state index contributed by atoms with van der Waals surface area (Å²) in [5.74, 6) is 1.62. The number of thioether (sulfide) groups is 1. The van der Waals surface area contributed by atoms with Crippen LogP contribution in [0.5, 0.6) is 0 Å². The number of rotatable bonds is 6. The first-order valence-electron chi connectivity index (χ1n) is 8.42. The number of fused-ring (bicyclic) bond motifs is 1. The van der Waals surface area contributed by atoms with Crippen molar-refractivity contribution in [1.29, 1.82) is 0 Å². The van der Waals surface area contributed by atoms with Crippen molar-refractivity contribution in [2.24, 2.45) is 0 Å². The SMILES string of the molecule is C=CCn1c(SCc2cn3ccccc3n2)nnc1-c1ccccc1C. The van der Waals surface area contributed by atoms with Crippen LogP contribution in [0.2, 0.25) is 0 Å². The molecule has 0 amide bonds. The van der Waals surface area contributed by atoms with E-state index in [1.165, 1.54) is 5.56 Å². The summed E-state index contributed by atoms with van der Waals surface area (Å²) in [5, 5.41) is 9.73. The molecule has 3 aromatic heterocycles. The first-order chi connectivity index (χ1) is 12.8. The molecule has 0 unspecified atom stereocenters. The van der Waals surface area contributed by atoms with E-state index in [4.69, 9.17) is 0 Å². The van der Waals surface area contributed by atoms with Crippen molar-refractivity contribution in [1.82, 2.24) is 24.1 Å². The summed E-state index contributed by atoms with van der Waals surface area (Å²) in [6.45, 7) is 6.64. The van der Waals surface area contributed by atoms with Crippen molar-refractivity contribution < 1.29 is 0 Å². The maximum Gasteiger partial charge on any atom is 0.192 e. The molecule has 0 N–H and O–H groups in total. The van der Waals surface area contributed by atoms with Gasteiger partial charge >= 0.3 is 0 Å². The maximum atomic E-state index is 4.65. The summed E-state index contributed by atoms with van der Waals surface area (Å²) in [7, 11) is 0. The molecule has 3 heterocycles. The second-order valence-corrected chi connectivity index (χ2v) is 6.95. The number of hydrogen-bond acceptors (Lipinski definition) is 4. The summed E-state index contributed by atoms with van der Waals surface area (Å²) in [4.78, 5) is 4.65. The highest BCUT2D eigenvalue weighted by Gasteiger charge is 2.15. The van der Waals surface area contributed by atoms with E-state index in [1.54, 1.807) is 11.8 Å². The number of nitrogens with zero attached hydrogens (tertiary/aromatic N) is 5. The van der Waals surface area contributed by atoms with Gasteiger partial charge in [-0.25, -0.2) is 4.98 Å². The lowest BCUT2D eigenvalue weighted by molar-refractivity contribution is 0.730. The van der Waals surface area contributed by atoms with Crippen molar-refractivity contribution >= 4 is 17.4 Å². The van der Waals surface area contributed by atoms with Crippen LogP contribution in [-0.2, 0) is 12.3 Å². The lowest BCUT2D eigenvalue weighted by Crippen LogP contribution is -2.01. The van der Waals surface area contributed by atoms with E-state index in [2.05, 4.69) is 51.6 Å². The monoisotopic (exact) mass is 361 g/mol. The van der Waals surface area contributed by atoms with Gasteiger partial charge in [0.15, 0.2) is 11.0 Å². The van der Waals surface area contributed by atoms with E-state index in [1.807, 2.05) is 47.0 Å². The van der Waals surface area contributed by atoms with E-state index < -0.39 is 0 Å². The number of pyridine rings is 1.